The molecule has 0 saturated carbocycles. The number of amides is 1. The summed E-state index contributed by atoms with van der Waals surface area (Å²) in [6.45, 7) is 6.18. The van der Waals surface area contributed by atoms with E-state index in [4.69, 9.17) is 4.98 Å². The van der Waals surface area contributed by atoms with Crippen molar-refractivity contribution < 1.29 is 9.90 Å². The van der Waals surface area contributed by atoms with Gasteiger partial charge in [0.1, 0.15) is 5.65 Å². The lowest BCUT2D eigenvalue weighted by atomic mass is 9.90. The van der Waals surface area contributed by atoms with E-state index in [1.807, 2.05) is 37.3 Å². The lowest BCUT2D eigenvalue weighted by molar-refractivity contribution is -0.123. The molecular formula is C34H37N3O2. The van der Waals surface area contributed by atoms with Crippen LogP contribution >= 0.6 is 0 Å². The number of carbonyl (C=O) groups excluding carboxylic acids is 1. The maximum absolute atomic E-state index is 13.5. The van der Waals surface area contributed by atoms with Crippen LogP contribution in [-0.2, 0) is 11.2 Å². The van der Waals surface area contributed by atoms with Crippen molar-refractivity contribution in [3.63, 3.8) is 0 Å². The van der Waals surface area contributed by atoms with E-state index in [-0.39, 0.29) is 18.4 Å². The number of fused-ring (bicyclic) bond motifs is 3. The predicted octanol–water partition coefficient (Wildman–Crippen LogP) is 6.82. The first-order chi connectivity index (χ1) is 19.0. The topological polar surface area (TPSA) is 66.6 Å². The van der Waals surface area contributed by atoms with Crippen LogP contribution in [0.5, 0.6) is 0 Å². The Kier molecular flexibility index (Phi) is 8.08. The smallest absolute Gasteiger partial charge is 0.228 e. The lowest BCUT2D eigenvalue weighted by Crippen LogP contribution is -2.34. The van der Waals surface area contributed by atoms with Crippen molar-refractivity contribution in [3.8, 4) is 0 Å². The van der Waals surface area contributed by atoms with Crippen molar-refractivity contribution in [2.24, 2.45) is 0 Å². The number of unbranched alkanes of at least 4 members (excludes halogenated alkanes) is 1. The Balaban J connectivity index is 1.42. The highest BCUT2D eigenvalue weighted by molar-refractivity contribution is 5.91. The third-order valence-corrected chi connectivity index (χ3v) is 7.63. The van der Waals surface area contributed by atoms with Crippen LogP contribution in [0.25, 0.3) is 16.6 Å². The highest BCUT2D eigenvalue weighted by Crippen LogP contribution is 2.30. The van der Waals surface area contributed by atoms with Crippen LogP contribution in [0.1, 0.15) is 71.8 Å². The van der Waals surface area contributed by atoms with E-state index in [0.29, 0.717) is 0 Å². The second kappa shape index (κ2) is 11.8. The minimum atomic E-state index is -0.419. The zero-order chi connectivity index (χ0) is 27.4. The van der Waals surface area contributed by atoms with Gasteiger partial charge in [-0.2, -0.15) is 0 Å². The summed E-state index contributed by atoms with van der Waals surface area (Å²) in [5, 5.41) is 14.3. The molecular weight excluding hydrogens is 482 g/mol. The molecule has 1 amide bonds. The van der Waals surface area contributed by atoms with Gasteiger partial charge in [0.15, 0.2) is 0 Å². The number of para-hydroxylation sites is 1. The van der Waals surface area contributed by atoms with Gasteiger partial charge in [-0.25, -0.2) is 4.98 Å². The summed E-state index contributed by atoms with van der Waals surface area (Å²) < 4.78 is 2.25. The van der Waals surface area contributed by atoms with Crippen LogP contribution in [0.4, 0.5) is 0 Å². The second-order valence-electron chi connectivity index (χ2n) is 10.5. The van der Waals surface area contributed by atoms with Crippen molar-refractivity contribution in [3.05, 3.63) is 119 Å². The Morgan fingerprint density at radius 2 is 1.67 bits per heavy atom. The van der Waals surface area contributed by atoms with Crippen molar-refractivity contribution in [1.29, 1.82) is 0 Å². The van der Waals surface area contributed by atoms with Gasteiger partial charge in [0.25, 0.3) is 0 Å². The van der Waals surface area contributed by atoms with E-state index in [1.54, 1.807) is 0 Å². The third-order valence-electron chi connectivity index (χ3n) is 7.63. The van der Waals surface area contributed by atoms with Crippen molar-refractivity contribution in [2.45, 2.75) is 58.4 Å². The number of carbonyl (C=O) groups is 1. The quantitative estimate of drug-likeness (QED) is 0.213. The van der Waals surface area contributed by atoms with E-state index in [0.717, 1.165) is 48.2 Å². The maximum Gasteiger partial charge on any atom is 0.228 e. The summed E-state index contributed by atoms with van der Waals surface area (Å²) >= 11 is 0. The number of aliphatic hydroxyl groups is 1. The van der Waals surface area contributed by atoms with Crippen LogP contribution in [0.15, 0.2) is 84.9 Å². The van der Waals surface area contributed by atoms with Crippen LogP contribution in [0, 0.1) is 13.8 Å². The fourth-order valence-corrected chi connectivity index (χ4v) is 5.63. The van der Waals surface area contributed by atoms with Gasteiger partial charge in [-0.1, -0.05) is 92.6 Å². The van der Waals surface area contributed by atoms with E-state index in [1.165, 1.54) is 27.7 Å². The van der Waals surface area contributed by atoms with E-state index in [2.05, 4.69) is 78.2 Å². The molecule has 5 nitrogen and oxygen atoms in total. The molecule has 2 heterocycles. The number of rotatable bonds is 10. The van der Waals surface area contributed by atoms with Crippen molar-refractivity contribution in [2.75, 3.05) is 6.61 Å². The number of aliphatic hydroxyl groups excluding tert-OH is 1. The number of aryl methyl sites for hydroxylation is 2. The Bertz CT molecular complexity index is 1570. The third kappa shape index (κ3) is 5.59. The zero-order valence-electron chi connectivity index (χ0n) is 23.0. The molecule has 5 heteroatoms. The number of hydrogen-bond donors (Lipinski definition) is 2. The van der Waals surface area contributed by atoms with Crippen LogP contribution in [-0.4, -0.2) is 27.0 Å². The van der Waals surface area contributed by atoms with Gasteiger partial charge in [-0.15, -0.1) is 0 Å². The molecule has 5 rings (SSSR count). The molecule has 2 N–H and O–H groups in total. The molecule has 0 aliphatic carbocycles. The largest absolute Gasteiger partial charge is 0.394 e. The summed E-state index contributed by atoms with van der Waals surface area (Å²) in [5.74, 6) is -0.307. The Morgan fingerprint density at radius 3 is 2.38 bits per heavy atom. The fraction of sp³-hybridized carbons (Fsp3) is 0.294. The van der Waals surface area contributed by atoms with Gasteiger partial charge in [0.2, 0.25) is 5.91 Å². The Labute approximate surface area is 230 Å². The normalized spacial score (nSPS) is 13.0. The van der Waals surface area contributed by atoms with Gasteiger partial charge in [0.05, 0.1) is 24.1 Å². The minimum absolute atomic E-state index is 0.0429. The molecule has 0 spiro atoms. The summed E-state index contributed by atoms with van der Waals surface area (Å²) in [6.07, 6.45) is 3.51. The second-order valence-corrected chi connectivity index (χ2v) is 10.5. The maximum atomic E-state index is 13.5. The molecule has 0 radical (unpaired) electrons. The minimum Gasteiger partial charge on any atom is -0.394 e. The van der Waals surface area contributed by atoms with Crippen LogP contribution in [0.3, 0.4) is 0 Å². The van der Waals surface area contributed by atoms with Crippen LogP contribution in [0.2, 0.25) is 0 Å². The van der Waals surface area contributed by atoms with Crippen molar-refractivity contribution in [1.82, 2.24) is 14.7 Å². The van der Waals surface area contributed by atoms with Gasteiger partial charge < -0.3 is 10.4 Å². The number of hydrogen-bond acceptors (Lipinski definition) is 3. The summed E-state index contributed by atoms with van der Waals surface area (Å²) in [7, 11) is 0. The molecule has 5 aromatic rings. The average molecular weight is 520 g/mol. The van der Waals surface area contributed by atoms with E-state index in [9.17, 15) is 9.90 Å². The van der Waals surface area contributed by atoms with Gasteiger partial charge in [-0.3, -0.25) is 9.20 Å². The number of nitrogens with one attached hydrogen (secondary N) is 1. The summed E-state index contributed by atoms with van der Waals surface area (Å²) in [5.41, 5.74) is 8.70. The molecule has 0 aliphatic heterocycles. The first-order valence-corrected chi connectivity index (χ1v) is 13.9. The van der Waals surface area contributed by atoms with Crippen LogP contribution < -0.4 is 5.32 Å². The summed E-state index contributed by atoms with van der Waals surface area (Å²) in [4.78, 5) is 18.4. The highest BCUT2D eigenvalue weighted by Gasteiger charge is 2.24. The molecule has 3 aromatic carbocycles. The fourth-order valence-electron chi connectivity index (χ4n) is 5.63. The number of benzene rings is 3. The SMILES string of the molecule is CCCCC(C(=O)N[C@@H](CO)c1ccccc1)c1ccc(Cc2c3ccccc3n3c(C)cc(C)nc23)cc1. The monoisotopic (exact) mass is 519 g/mol. The summed E-state index contributed by atoms with van der Waals surface area (Å²) in [6, 6.07) is 28.3. The first-order valence-electron chi connectivity index (χ1n) is 13.9. The number of aromatic nitrogens is 2. The first kappa shape index (κ1) is 26.6. The van der Waals surface area contributed by atoms with Gasteiger partial charge in [0, 0.05) is 28.8 Å². The molecule has 2 atom stereocenters. The zero-order valence-corrected chi connectivity index (χ0v) is 23.0. The molecule has 0 bridgehead atoms. The van der Waals surface area contributed by atoms with E-state index >= 15 is 0 Å². The van der Waals surface area contributed by atoms with Gasteiger partial charge in [-0.05, 0) is 49.1 Å². The van der Waals surface area contributed by atoms with Crippen molar-refractivity contribution >= 4 is 22.5 Å². The molecule has 0 saturated heterocycles. The Hall–Kier alpha value is -3.96. The number of nitrogens with zero attached hydrogens (tertiary/aromatic N) is 2. The standard InChI is InChI=1S/C34H37N3O2/c1-4-5-13-28(34(39)36-31(22-38)27-11-7-6-8-12-27)26-18-16-25(17-19-26)21-30-29-14-9-10-15-32(29)37-24(3)20-23(2)35-33(30)37/h6-12,14-20,28,31,38H,4-5,13,21-22H2,1-3H3,(H,36,39)/t28?,31-/m0/s1. The highest BCUT2D eigenvalue weighted by atomic mass is 16.3. The van der Waals surface area contributed by atoms with Gasteiger partial charge >= 0.3 is 0 Å². The molecule has 2 aromatic heterocycles. The lowest BCUT2D eigenvalue weighted by Gasteiger charge is -2.22. The molecule has 200 valence electrons. The molecule has 0 fully saturated rings. The molecule has 0 aliphatic rings. The predicted molar refractivity (Wildman–Crippen MR) is 158 cm³/mol. The average Bonchev–Trinajstić information content (AvgIpc) is 3.26. The Morgan fingerprint density at radius 1 is 0.949 bits per heavy atom. The molecule has 39 heavy (non-hydrogen) atoms. The van der Waals surface area contributed by atoms with E-state index < -0.39 is 6.04 Å². The molecule has 1 unspecified atom stereocenters.